The van der Waals surface area contributed by atoms with E-state index in [9.17, 15) is 19.1 Å². The molecule has 1 aromatic carbocycles. The zero-order valence-corrected chi connectivity index (χ0v) is 23.4. The summed E-state index contributed by atoms with van der Waals surface area (Å²) in [4.78, 5) is 35.7. The maximum atomic E-state index is 14.9. The lowest BCUT2D eigenvalue weighted by Gasteiger charge is -2.23. The van der Waals surface area contributed by atoms with Crippen molar-refractivity contribution in [2.24, 2.45) is 0 Å². The second kappa shape index (κ2) is 12.6. The van der Waals surface area contributed by atoms with Gasteiger partial charge in [-0.15, -0.1) is 11.3 Å². The second-order valence-corrected chi connectivity index (χ2v) is 10.8. The zero-order valence-electron chi connectivity index (χ0n) is 22.6. The van der Waals surface area contributed by atoms with Gasteiger partial charge in [0.15, 0.2) is 11.6 Å². The summed E-state index contributed by atoms with van der Waals surface area (Å²) in [6.45, 7) is 2.43. The zero-order chi connectivity index (χ0) is 28.9. The van der Waals surface area contributed by atoms with Gasteiger partial charge in [-0.2, -0.15) is 0 Å². The number of nitrogens with one attached hydrogen (secondary N) is 2. The van der Waals surface area contributed by atoms with E-state index in [1.165, 1.54) is 35.3 Å². The normalized spacial score (nSPS) is 13.6. The lowest BCUT2D eigenvalue weighted by molar-refractivity contribution is -0.140. The number of carbonyl (C=O) groups is 2. The van der Waals surface area contributed by atoms with Crippen LogP contribution < -0.4 is 15.4 Å². The second-order valence-electron chi connectivity index (χ2n) is 9.73. The molecule has 3 heterocycles. The minimum atomic E-state index is -1.11. The minimum Gasteiger partial charge on any atom is -0.453 e. The fourth-order valence-corrected chi connectivity index (χ4v) is 5.14. The summed E-state index contributed by atoms with van der Waals surface area (Å²) in [6, 6.07) is 11.4. The highest BCUT2D eigenvalue weighted by atomic mass is 32.1. The SMILES string of the molecule is COCCN(Cc1ccc(-c2cc3nccc(Oc4ccc(NC(=O)NC5CC5)cc4F)c3s2)nc1)C(=O)[C@H](C)O. The number of fused-ring (bicyclic) bond motifs is 1. The topological polar surface area (TPSA) is 126 Å². The number of anilines is 1. The number of hydrogen-bond acceptors (Lipinski definition) is 8. The van der Waals surface area contributed by atoms with Crippen molar-refractivity contribution in [2.75, 3.05) is 25.6 Å². The monoisotopic (exact) mass is 579 g/mol. The minimum absolute atomic E-state index is 0.0212. The number of urea groups is 1. The van der Waals surface area contributed by atoms with Crippen molar-refractivity contribution in [1.82, 2.24) is 20.2 Å². The lowest BCUT2D eigenvalue weighted by Crippen LogP contribution is -2.39. The van der Waals surface area contributed by atoms with Crippen LogP contribution in [0.5, 0.6) is 11.5 Å². The molecule has 12 heteroatoms. The van der Waals surface area contributed by atoms with Crippen molar-refractivity contribution in [2.45, 2.75) is 38.5 Å². The van der Waals surface area contributed by atoms with Crippen molar-refractivity contribution in [3.8, 4) is 22.1 Å². The van der Waals surface area contributed by atoms with E-state index in [1.54, 1.807) is 31.6 Å². The van der Waals surface area contributed by atoms with Gasteiger partial charge in [0.25, 0.3) is 5.91 Å². The third kappa shape index (κ3) is 7.15. The van der Waals surface area contributed by atoms with Crippen molar-refractivity contribution in [3.05, 3.63) is 66.2 Å². The van der Waals surface area contributed by atoms with E-state index in [-0.39, 0.29) is 30.3 Å². The standard InChI is InChI=1S/C29H30FN5O5S/c1-17(36)28(37)35(11-12-39-2)16-18-3-7-22(32-15-18)26-14-23-27(41-26)25(9-10-31-23)40-24-8-6-20(13-21(24)30)34-29(38)33-19-4-5-19/h3,6-10,13-15,17,19,36H,4-5,11-12,16H2,1-2H3,(H2,33,34,38)/t17-/m0/s1. The van der Waals surface area contributed by atoms with Crippen molar-refractivity contribution < 1.29 is 28.6 Å². The van der Waals surface area contributed by atoms with Gasteiger partial charge in [0.1, 0.15) is 11.9 Å². The summed E-state index contributed by atoms with van der Waals surface area (Å²) >= 11 is 1.41. The Morgan fingerprint density at radius 1 is 1.17 bits per heavy atom. The molecule has 3 N–H and O–H groups in total. The maximum Gasteiger partial charge on any atom is 0.319 e. The van der Waals surface area contributed by atoms with Gasteiger partial charge >= 0.3 is 6.03 Å². The molecule has 1 atom stereocenters. The summed E-state index contributed by atoms with van der Waals surface area (Å²) in [7, 11) is 1.56. The number of nitrogens with zero attached hydrogens (tertiary/aromatic N) is 3. The van der Waals surface area contributed by atoms with Gasteiger partial charge in [-0.05, 0) is 49.6 Å². The number of carbonyl (C=O) groups excluding carboxylic acids is 2. The van der Waals surface area contributed by atoms with E-state index in [2.05, 4.69) is 20.6 Å². The number of aliphatic hydroxyl groups excluding tert-OH is 1. The molecule has 1 aliphatic carbocycles. The van der Waals surface area contributed by atoms with Gasteiger partial charge in [-0.25, -0.2) is 9.18 Å². The van der Waals surface area contributed by atoms with Crippen LogP contribution >= 0.6 is 11.3 Å². The molecule has 0 spiro atoms. The van der Waals surface area contributed by atoms with E-state index >= 15 is 0 Å². The van der Waals surface area contributed by atoms with Crippen molar-refractivity contribution in [1.29, 1.82) is 0 Å². The van der Waals surface area contributed by atoms with E-state index in [0.717, 1.165) is 28.0 Å². The van der Waals surface area contributed by atoms with Gasteiger partial charge < -0.3 is 30.1 Å². The molecule has 10 nitrogen and oxygen atoms in total. The van der Waals surface area contributed by atoms with Gasteiger partial charge in [-0.3, -0.25) is 14.8 Å². The van der Waals surface area contributed by atoms with Crippen LogP contribution in [0.1, 0.15) is 25.3 Å². The number of benzene rings is 1. The fraction of sp³-hybridized carbons (Fsp3) is 0.310. The maximum absolute atomic E-state index is 14.9. The van der Waals surface area contributed by atoms with Crippen molar-refractivity contribution >= 4 is 39.2 Å². The molecular formula is C29H30FN5O5S. The average molecular weight is 580 g/mol. The van der Waals surface area contributed by atoms with Gasteiger partial charge in [0, 0.05) is 56.5 Å². The average Bonchev–Trinajstić information content (AvgIpc) is 3.65. The first-order chi connectivity index (χ1) is 19.8. The van der Waals surface area contributed by atoms with Gasteiger partial charge in [-0.1, -0.05) is 6.07 Å². The number of ether oxygens (including phenoxy) is 2. The quantitative estimate of drug-likeness (QED) is 0.230. The number of pyridine rings is 2. The molecule has 0 unspecified atom stereocenters. The molecule has 0 bridgehead atoms. The van der Waals surface area contributed by atoms with Crippen LogP contribution in [0.2, 0.25) is 0 Å². The van der Waals surface area contributed by atoms with Crippen LogP contribution in [0.25, 0.3) is 20.8 Å². The number of amides is 3. The molecule has 0 aliphatic heterocycles. The summed E-state index contributed by atoms with van der Waals surface area (Å²) in [5.74, 6) is -0.523. The Balaban J connectivity index is 1.30. The summed E-state index contributed by atoms with van der Waals surface area (Å²) in [5, 5.41) is 15.2. The predicted molar refractivity (Wildman–Crippen MR) is 153 cm³/mol. The summed E-state index contributed by atoms with van der Waals surface area (Å²) in [6.07, 6.45) is 4.09. The number of halogens is 1. The van der Waals surface area contributed by atoms with Crippen LogP contribution in [-0.4, -0.2) is 64.3 Å². The molecule has 214 valence electrons. The number of rotatable bonds is 11. The molecule has 3 amide bonds. The van der Waals surface area contributed by atoms with Gasteiger partial charge in [0.05, 0.1) is 27.4 Å². The summed E-state index contributed by atoms with van der Waals surface area (Å²) < 4.78 is 26.6. The Kier molecular flexibility index (Phi) is 8.72. The highest BCUT2D eigenvalue weighted by Gasteiger charge is 2.23. The smallest absolute Gasteiger partial charge is 0.319 e. The Morgan fingerprint density at radius 3 is 2.68 bits per heavy atom. The molecule has 41 heavy (non-hydrogen) atoms. The highest BCUT2D eigenvalue weighted by Crippen LogP contribution is 2.39. The molecule has 3 aromatic heterocycles. The number of aliphatic hydroxyl groups is 1. The number of hydrogen-bond donors (Lipinski definition) is 3. The van der Waals surface area contributed by atoms with E-state index < -0.39 is 11.9 Å². The first kappa shape index (κ1) is 28.4. The molecule has 4 aromatic rings. The van der Waals surface area contributed by atoms with E-state index in [0.29, 0.717) is 35.8 Å². The largest absolute Gasteiger partial charge is 0.453 e. The van der Waals surface area contributed by atoms with Crippen LogP contribution in [0, 0.1) is 5.82 Å². The Morgan fingerprint density at radius 2 is 2.00 bits per heavy atom. The molecule has 1 fully saturated rings. The molecule has 5 rings (SSSR count). The number of methoxy groups -OCH3 is 1. The van der Waals surface area contributed by atoms with Gasteiger partial charge in [0.2, 0.25) is 0 Å². The van der Waals surface area contributed by atoms with Crippen molar-refractivity contribution in [3.63, 3.8) is 0 Å². The highest BCUT2D eigenvalue weighted by molar-refractivity contribution is 7.22. The number of thiophene rings is 1. The molecule has 1 aliphatic rings. The first-order valence-electron chi connectivity index (χ1n) is 13.2. The third-order valence-electron chi connectivity index (χ3n) is 6.38. The van der Waals surface area contributed by atoms with Crippen LogP contribution in [0.15, 0.2) is 54.9 Å². The molecule has 1 saturated carbocycles. The molecular weight excluding hydrogens is 549 g/mol. The van der Waals surface area contributed by atoms with E-state index in [4.69, 9.17) is 9.47 Å². The third-order valence-corrected chi connectivity index (χ3v) is 7.54. The molecule has 0 saturated heterocycles. The van der Waals surface area contributed by atoms with E-state index in [1.807, 2.05) is 18.2 Å². The lowest BCUT2D eigenvalue weighted by atomic mass is 10.2. The summed E-state index contributed by atoms with van der Waals surface area (Å²) in [5.41, 5.74) is 2.52. The molecule has 0 radical (unpaired) electrons. The first-order valence-corrected chi connectivity index (χ1v) is 14.0. The Bertz CT molecular complexity index is 1540. The Labute approximate surface area is 240 Å². The van der Waals surface area contributed by atoms with Crippen LogP contribution in [-0.2, 0) is 16.1 Å². The number of aromatic nitrogens is 2. The van der Waals surface area contributed by atoms with Crippen LogP contribution in [0.4, 0.5) is 14.9 Å². The Hall–Kier alpha value is -4.13. The predicted octanol–water partition coefficient (Wildman–Crippen LogP) is 4.93. The van der Waals surface area contributed by atoms with Crippen LogP contribution in [0.3, 0.4) is 0 Å². The fourth-order valence-electron chi connectivity index (χ4n) is 4.10.